The van der Waals surface area contributed by atoms with Crippen molar-refractivity contribution in [3.05, 3.63) is 79.0 Å². The lowest BCUT2D eigenvalue weighted by atomic mass is 9.88. The highest BCUT2D eigenvalue weighted by atomic mass is 16.5. The molecule has 0 aliphatic carbocycles. The van der Waals surface area contributed by atoms with Gasteiger partial charge in [0.2, 0.25) is 0 Å². The van der Waals surface area contributed by atoms with E-state index in [1.54, 1.807) is 12.4 Å². The molecule has 0 saturated carbocycles. The van der Waals surface area contributed by atoms with Crippen molar-refractivity contribution in [1.82, 2.24) is 24.6 Å². The minimum Gasteiger partial charge on any atom is -0.456 e. The molecule has 0 radical (unpaired) electrons. The van der Waals surface area contributed by atoms with Gasteiger partial charge in [0.1, 0.15) is 17.0 Å². The summed E-state index contributed by atoms with van der Waals surface area (Å²) in [5, 5.41) is 4.54. The molecule has 4 aromatic rings. The summed E-state index contributed by atoms with van der Waals surface area (Å²) in [6, 6.07) is 14.6. The first kappa shape index (κ1) is 21.9. The lowest BCUT2D eigenvalue weighted by Gasteiger charge is -2.24. The summed E-state index contributed by atoms with van der Waals surface area (Å²) in [5.74, 6) is 2.17. The smallest absolute Gasteiger partial charge is 0.154 e. The standard InChI is InChI=1S/C27H30N6O/c1-19(2)31-11-12-32(18-31)21-7-6-8-22(14-21)34-23-15-25-24(29-16-23)17-30-33(25)26-13-20(9-10-28-26)27(3,4)5/h6-17,19H,18H2,1-5H3. The number of rotatable bonds is 5. The maximum absolute atomic E-state index is 6.21. The molecule has 0 atom stereocenters. The summed E-state index contributed by atoms with van der Waals surface area (Å²) in [6.07, 6.45) is 9.54. The summed E-state index contributed by atoms with van der Waals surface area (Å²) < 4.78 is 8.03. The van der Waals surface area contributed by atoms with Gasteiger partial charge in [-0.25, -0.2) is 14.6 Å². The Hall–Kier alpha value is -3.87. The van der Waals surface area contributed by atoms with Crippen molar-refractivity contribution in [3.63, 3.8) is 0 Å². The molecule has 0 fully saturated rings. The van der Waals surface area contributed by atoms with Crippen molar-refractivity contribution in [3.8, 4) is 17.3 Å². The van der Waals surface area contributed by atoms with Crippen LogP contribution in [-0.2, 0) is 5.41 Å². The monoisotopic (exact) mass is 454 g/mol. The van der Waals surface area contributed by atoms with E-state index in [2.05, 4.69) is 84.0 Å². The molecule has 1 aliphatic heterocycles. The van der Waals surface area contributed by atoms with Crippen LogP contribution in [0.2, 0.25) is 0 Å². The Morgan fingerprint density at radius 1 is 0.941 bits per heavy atom. The van der Waals surface area contributed by atoms with Gasteiger partial charge in [-0.2, -0.15) is 5.10 Å². The molecule has 0 N–H and O–H groups in total. The average Bonchev–Trinajstić information content (AvgIpc) is 3.46. The third-order valence-electron chi connectivity index (χ3n) is 6.03. The summed E-state index contributed by atoms with van der Waals surface area (Å²) in [5.41, 5.74) is 3.95. The topological polar surface area (TPSA) is 59.3 Å². The summed E-state index contributed by atoms with van der Waals surface area (Å²) >= 11 is 0. The Labute approximate surface area is 200 Å². The number of fused-ring (bicyclic) bond motifs is 1. The number of hydrogen-bond donors (Lipinski definition) is 0. The molecule has 1 aromatic carbocycles. The number of aromatic nitrogens is 4. The first-order valence-electron chi connectivity index (χ1n) is 11.6. The van der Waals surface area contributed by atoms with E-state index < -0.39 is 0 Å². The quantitative estimate of drug-likeness (QED) is 0.376. The van der Waals surface area contributed by atoms with Gasteiger partial charge in [-0.1, -0.05) is 26.8 Å². The number of pyridine rings is 2. The molecule has 34 heavy (non-hydrogen) atoms. The summed E-state index contributed by atoms with van der Waals surface area (Å²) in [7, 11) is 0. The van der Waals surface area contributed by atoms with Crippen LogP contribution in [0, 0.1) is 0 Å². The predicted molar refractivity (Wildman–Crippen MR) is 135 cm³/mol. The average molecular weight is 455 g/mol. The minimum absolute atomic E-state index is 0.0227. The van der Waals surface area contributed by atoms with Gasteiger partial charge in [0.15, 0.2) is 5.82 Å². The van der Waals surface area contributed by atoms with Gasteiger partial charge in [-0.3, -0.25) is 0 Å². The Morgan fingerprint density at radius 3 is 2.56 bits per heavy atom. The van der Waals surface area contributed by atoms with Gasteiger partial charge in [-0.15, -0.1) is 0 Å². The second-order valence-corrected chi connectivity index (χ2v) is 9.90. The fraction of sp³-hybridized carbons (Fsp3) is 0.296. The van der Waals surface area contributed by atoms with Crippen molar-refractivity contribution in [2.24, 2.45) is 0 Å². The molecule has 7 nitrogen and oxygen atoms in total. The van der Waals surface area contributed by atoms with Crippen LogP contribution < -0.4 is 9.64 Å². The van der Waals surface area contributed by atoms with E-state index in [-0.39, 0.29) is 5.41 Å². The van der Waals surface area contributed by atoms with E-state index in [0.29, 0.717) is 11.8 Å². The molecule has 1 aliphatic rings. The normalized spacial score (nSPS) is 13.9. The number of nitrogens with zero attached hydrogens (tertiary/aromatic N) is 6. The van der Waals surface area contributed by atoms with Crippen LogP contribution in [0.1, 0.15) is 40.2 Å². The van der Waals surface area contributed by atoms with Crippen LogP contribution in [0.4, 0.5) is 5.69 Å². The zero-order valence-electron chi connectivity index (χ0n) is 20.3. The molecular formula is C27H30N6O. The molecule has 7 heteroatoms. The minimum atomic E-state index is 0.0227. The zero-order valence-corrected chi connectivity index (χ0v) is 20.3. The number of ether oxygens (including phenoxy) is 1. The van der Waals surface area contributed by atoms with Gasteiger partial charge in [0, 0.05) is 42.5 Å². The molecule has 5 rings (SSSR count). The number of hydrogen-bond acceptors (Lipinski definition) is 6. The lowest BCUT2D eigenvalue weighted by Crippen LogP contribution is -2.30. The maximum Gasteiger partial charge on any atom is 0.154 e. The van der Waals surface area contributed by atoms with E-state index in [0.717, 1.165) is 35.0 Å². The first-order valence-corrected chi connectivity index (χ1v) is 11.6. The van der Waals surface area contributed by atoms with E-state index >= 15 is 0 Å². The van der Waals surface area contributed by atoms with Crippen LogP contribution in [0.3, 0.4) is 0 Å². The van der Waals surface area contributed by atoms with Crippen molar-refractivity contribution < 1.29 is 4.74 Å². The molecule has 0 amide bonds. The van der Waals surface area contributed by atoms with Gasteiger partial charge in [0.05, 0.1) is 24.6 Å². The Bertz CT molecular complexity index is 1350. The number of anilines is 1. The van der Waals surface area contributed by atoms with Crippen molar-refractivity contribution >= 4 is 16.7 Å². The Kier molecular flexibility index (Phi) is 5.48. The summed E-state index contributed by atoms with van der Waals surface area (Å²) in [4.78, 5) is 13.6. The molecule has 3 aromatic heterocycles. The highest BCUT2D eigenvalue weighted by molar-refractivity contribution is 5.77. The maximum atomic E-state index is 6.21. The first-order chi connectivity index (χ1) is 16.3. The molecule has 4 heterocycles. The Balaban J connectivity index is 1.42. The second-order valence-electron chi connectivity index (χ2n) is 9.90. The third kappa shape index (κ3) is 4.33. The fourth-order valence-electron chi connectivity index (χ4n) is 3.93. The van der Waals surface area contributed by atoms with Crippen LogP contribution >= 0.6 is 0 Å². The van der Waals surface area contributed by atoms with Gasteiger partial charge >= 0.3 is 0 Å². The van der Waals surface area contributed by atoms with Crippen molar-refractivity contribution in [2.45, 2.75) is 46.1 Å². The van der Waals surface area contributed by atoms with Crippen LogP contribution in [0.5, 0.6) is 11.5 Å². The largest absolute Gasteiger partial charge is 0.456 e. The zero-order chi connectivity index (χ0) is 23.9. The molecule has 0 spiro atoms. The highest BCUT2D eigenvalue weighted by Crippen LogP contribution is 2.30. The second kappa shape index (κ2) is 8.48. The highest BCUT2D eigenvalue weighted by Gasteiger charge is 2.18. The van der Waals surface area contributed by atoms with Crippen LogP contribution in [0.25, 0.3) is 16.9 Å². The van der Waals surface area contributed by atoms with Gasteiger partial charge in [0.25, 0.3) is 0 Å². The van der Waals surface area contributed by atoms with Crippen LogP contribution in [0.15, 0.2) is 73.5 Å². The molecule has 0 unspecified atom stereocenters. The van der Waals surface area contributed by atoms with E-state index in [1.807, 2.05) is 41.2 Å². The van der Waals surface area contributed by atoms with E-state index in [4.69, 9.17) is 4.74 Å². The predicted octanol–water partition coefficient (Wildman–Crippen LogP) is 5.86. The summed E-state index contributed by atoms with van der Waals surface area (Å²) in [6.45, 7) is 11.8. The fourth-order valence-corrected chi connectivity index (χ4v) is 3.93. The van der Waals surface area contributed by atoms with Crippen LogP contribution in [-0.4, -0.2) is 37.4 Å². The van der Waals surface area contributed by atoms with Gasteiger partial charge < -0.3 is 14.5 Å². The number of benzene rings is 1. The third-order valence-corrected chi connectivity index (χ3v) is 6.03. The van der Waals surface area contributed by atoms with E-state index in [9.17, 15) is 0 Å². The Morgan fingerprint density at radius 2 is 1.79 bits per heavy atom. The molecule has 0 saturated heterocycles. The molecule has 0 bridgehead atoms. The SMILES string of the molecule is CC(C)N1C=CN(c2cccc(Oc3cnc4cnn(-c5cc(C(C)(C)C)ccn5)c4c3)c2)C1. The molecule has 174 valence electrons. The lowest BCUT2D eigenvalue weighted by molar-refractivity contribution is 0.336. The van der Waals surface area contributed by atoms with Crippen molar-refractivity contribution in [1.29, 1.82) is 0 Å². The van der Waals surface area contributed by atoms with E-state index in [1.165, 1.54) is 5.56 Å². The van der Waals surface area contributed by atoms with Crippen molar-refractivity contribution in [2.75, 3.05) is 11.6 Å². The van der Waals surface area contributed by atoms with Gasteiger partial charge in [-0.05, 0) is 49.1 Å². The molecular weight excluding hydrogens is 424 g/mol.